The molecule has 2 heterocycles. The molecule has 1 saturated heterocycles. The first-order chi connectivity index (χ1) is 12.8. The lowest BCUT2D eigenvalue weighted by molar-refractivity contribution is -0.132. The quantitative estimate of drug-likeness (QED) is 0.707. The lowest BCUT2D eigenvalue weighted by atomic mass is 10.00. The highest BCUT2D eigenvalue weighted by atomic mass is 79.9. The molecule has 0 saturated carbocycles. The monoisotopic (exact) mass is 432 g/mol. The van der Waals surface area contributed by atoms with Crippen molar-refractivity contribution in [3.05, 3.63) is 52.6 Å². The van der Waals surface area contributed by atoms with E-state index in [-0.39, 0.29) is 11.4 Å². The minimum Gasteiger partial charge on any atom is -0.438 e. The van der Waals surface area contributed by atoms with Crippen molar-refractivity contribution >= 4 is 33.8 Å². The average Bonchev–Trinajstić information content (AvgIpc) is 2.87. The van der Waals surface area contributed by atoms with Gasteiger partial charge in [-0.3, -0.25) is 15.0 Å². The van der Waals surface area contributed by atoms with Gasteiger partial charge in [0.25, 0.3) is 11.8 Å². The van der Waals surface area contributed by atoms with E-state index in [4.69, 9.17) is 4.74 Å². The second-order valence-corrected chi connectivity index (χ2v) is 7.03. The normalized spacial score (nSPS) is 19.0. The van der Waals surface area contributed by atoms with Crippen molar-refractivity contribution in [1.29, 1.82) is 0 Å². The second-order valence-electron chi connectivity index (χ2n) is 6.11. The largest absolute Gasteiger partial charge is 0.438 e. The molecule has 2 N–H and O–H groups in total. The first kappa shape index (κ1) is 18.8. The van der Waals surface area contributed by atoms with Crippen LogP contribution in [0.1, 0.15) is 30.6 Å². The van der Waals surface area contributed by atoms with E-state index >= 15 is 0 Å². The number of hydrazine groups is 1. The second kappa shape index (κ2) is 7.36. The number of hydrogen-bond donors (Lipinski definition) is 2. The summed E-state index contributed by atoms with van der Waals surface area (Å²) < 4.78 is 6.55. The maximum atomic E-state index is 12.6. The number of halogens is 1. The minimum atomic E-state index is -1.05. The number of carbonyl (C=O) groups is 3. The summed E-state index contributed by atoms with van der Waals surface area (Å²) in [6.45, 7) is 3.38. The highest BCUT2D eigenvalue weighted by Gasteiger charge is 2.47. The molecule has 1 aromatic heterocycles. The number of rotatable bonds is 5. The number of nitrogens with zero attached hydrogens (tertiary/aromatic N) is 2. The summed E-state index contributed by atoms with van der Waals surface area (Å²) in [5.41, 5.74) is 1.37. The van der Waals surface area contributed by atoms with Gasteiger partial charge in [-0.05, 0) is 49.7 Å². The molecule has 3 rings (SSSR count). The van der Waals surface area contributed by atoms with Crippen molar-refractivity contribution in [2.24, 2.45) is 0 Å². The standard InChI is InChI=1S/C18H17BrN4O4/c1-3-18(2)16(25)23(17(26)21-18)22-14(24)13-5-4-10-20-15(13)27-12-8-6-11(19)7-9-12/h4-10H,3H2,1-2H3,(H,21,26)(H,22,24)/t18-/m0/s1. The summed E-state index contributed by atoms with van der Waals surface area (Å²) in [4.78, 5) is 41.2. The van der Waals surface area contributed by atoms with Crippen LogP contribution in [0.15, 0.2) is 47.1 Å². The van der Waals surface area contributed by atoms with Crippen molar-refractivity contribution < 1.29 is 19.1 Å². The number of carbonyl (C=O) groups excluding carboxylic acids is 3. The van der Waals surface area contributed by atoms with Crippen LogP contribution in [-0.4, -0.2) is 33.4 Å². The lowest BCUT2D eigenvalue weighted by Crippen LogP contribution is -2.48. The van der Waals surface area contributed by atoms with Gasteiger partial charge in [0.2, 0.25) is 5.88 Å². The zero-order valence-corrected chi connectivity index (χ0v) is 16.2. The van der Waals surface area contributed by atoms with E-state index in [1.54, 1.807) is 44.2 Å². The van der Waals surface area contributed by atoms with Gasteiger partial charge in [-0.25, -0.2) is 9.78 Å². The van der Waals surface area contributed by atoms with E-state index in [9.17, 15) is 14.4 Å². The lowest BCUT2D eigenvalue weighted by Gasteiger charge is -2.19. The topological polar surface area (TPSA) is 101 Å². The number of aromatic nitrogens is 1. The van der Waals surface area contributed by atoms with Crippen molar-refractivity contribution in [3.8, 4) is 11.6 Å². The maximum Gasteiger partial charge on any atom is 0.344 e. The van der Waals surface area contributed by atoms with Gasteiger partial charge >= 0.3 is 6.03 Å². The van der Waals surface area contributed by atoms with E-state index in [1.807, 2.05) is 0 Å². The smallest absolute Gasteiger partial charge is 0.344 e. The van der Waals surface area contributed by atoms with Crippen molar-refractivity contribution in [1.82, 2.24) is 20.7 Å². The molecule has 2 aromatic rings. The number of hydrogen-bond acceptors (Lipinski definition) is 5. The fraction of sp³-hybridized carbons (Fsp3) is 0.222. The third-order valence-electron chi connectivity index (χ3n) is 4.23. The van der Waals surface area contributed by atoms with E-state index in [0.29, 0.717) is 17.2 Å². The SMILES string of the molecule is CC[C@]1(C)NC(=O)N(NC(=O)c2cccnc2Oc2ccc(Br)cc2)C1=O. The van der Waals surface area contributed by atoms with Crippen LogP contribution in [0.3, 0.4) is 0 Å². The van der Waals surface area contributed by atoms with Crippen LogP contribution in [0.5, 0.6) is 11.6 Å². The number of pyridine rings is 1. The van der Waals surface area contributed by atoms with Gasteiger partial charge in [-0.15, -0.1) is 0 Å². The molecule has 4 amide bonds. The van der Waals surface area contributed by atoms with Gasteiger partial charge < -0.3 is 10.1 Å². The molecule has 0 bridgehead atoms. The van der Waals surface area contributed by atoms with Crippen LogP contribution in [0.25, 0.3) is 0 Å². The van der Waals surface area contributed by atoms with E-state index in [0.717, 1.165) is 4.47 Å². The fourth-order valence-electron chi connectivity index (χ4n) is 2.45. The molecule has 0 aliphatic carbocycles. The number of urea groups is 1. The first-order valence-corrected chi connectivity index (χ1v) is 8.99. The molecule has 1 atom stereocenters. The Balaban J connectivity index is 1.81. The maximum absolute atomic E-state index is 12.6. The molecular formula is C18H17BrN4O4. The molecule has 9 heteroatoms. The number of ether oxygens (including phenoxy) is 1. The summed E-state index contributed by atoms with van der Waals surface area (Å²) >= 11 is 3.33. The van der Waals surface area contributed by atoms with Crippen LogP contribution < -0.4 is 15.5 Å². The summed E-state index contributed by atoms with van der Waals surface area (Å²) in [5.74, 6) is -0.663. The Morgan fingerprint density at radius 1 is 1.30 bits per heavy atom. The van der Waals surface area contributed by atoms with Crippen LogP contribution in [0.4, 0.5) is 4.79 Å². The van der Waals surface area contributed by atoms with E-state index in [2.05, 4.69) is 31.7 Å². The Kier molecular flexibility index (Phi) is 5.13. The molecule has 1 aromatic carbocycles. The molecule has 8 nitrogen and oxygen atoms in total. The third-order valence-corrected chi connectivity index (χ3v) is 4.75. The van der Waals surface area contributed by atoms with Gasteiger partial charge in [0.05, 0.1) is 0 Å². The molecule has 1 fully saturated rings. The van der Waals surface area contributed by atoms with Gasteiger partial charge in [-0.2, -0.15) is 5.01 Å². The highest BCUT2D eigenvalue weighted by Crippen LogP contribution is 2.25. The Hall–Kier alpha value is -2.94. The predicted molar refractivity (Wildman–Crippen MR) is 100.0 cm³/mol. The highest BCUT2D eigenvalue weighted by molar-refractivity contribution is 9.10. The van der Waals surface area contributed by atoms with E-state index in [1.165, 1.54) is 12.3 Å². The average molecular weight is 433 g/mol. The molecule has 0 spiro atoms. The third kappa shape index (κ3) is 3.77. The number of amides is 4. The Morgan fingerprint density at radius 3 is 2.63 bits per heavy atom. The van der Waals surface area contributed by atoms with Gasteiger partial charge in [0.1, 0.15) is 16.9 Å². The van der Waals surface area contributed by atoms with Crippen molar-refractivity contribution in [3.63, 3.8) is 0 Å². The molecule has 140 valence electrons. The van der Waals surface area contributed by atoms with Crippen molar-refractivity contribution in [2.75, 3.05) is 0 Å². The summed E-state index contributed by atoms with van der Waals surface area (Å²) in [5, 5.41) is 3.25. The Bertz CT molecular complexity index is 902. The zero-order valence-electron chi connectivity index (χ0n) is 14.7. The van der Waals surface area contributed by atoms with Crippen LogP contribution in [-0.2, 0) is 4.79 Å². The molecule has 0 radical (unpaired) electrons. The van der Waals surface area contributed by atoms with E-state index < -0.39 is 23.4 Å². The fourth-order valence-corrected chi connectivity index (χ4v) is 2.71. The first-order valence-electron chi connectivity index (χ1n) is 8.20. The van der Waals surface area contributed by atoms with Gasteiger partial charge in [-0.1, -0.05) is 22.9 Å². The molecule has 0 unspecified atom stereocenters. The molecule has 1 aliphatic rings. The molecule has 27 heavy (non-hydrogen) atoms. The summed E-state index contributed by atoms with van der Waals surface area (Å²) in [7, 11) is 0. The Morgan fingerprint density at radius 2 is 2.00 bits per heavy atom. The van der Waals surface area contributed by atoms with Crippen LogP contribution in [0, 0.1) is 0 Å². The number of benzene rings is 1. The van der Waals surface area contributed by atoms with Crippen molar-refractivity contribution in [2.45, 2.75) is 25.8 Å². The van der Waals surface area contributed by atoms with Gasteiger partial charge in [0, 0.05) is 10.7 Å². The molecule has 1 aliphatic heterocycles. The zero-order chi connectivity index (χ0) is 19.6. The van der Waals surface area contributed by atoms with Crippen LogP contribution in [0.2, 0.25) is 0 Å². The van der Waals surface area contributed by atoms with Gasteiger partial charge in [0.15, 0.2) is 0 Å². The number of nitrogens with one attached hydrogen (secondary N) is 2. The Labute approximate surface area is 164 Å². The minimum absolute atomic E-state index is 0.0580. The summed E-state index contributed by atoms with van der Waals surface area (Å²) in [6.07, 6.45) is 1.88. The van der Waals surface area contributed by atoms with Crippen LogP contribution >= 0.6 is 15.9 Å². The predicted octanol–water partition coefficient (Wildman–Crippen LogP) is 3.00. The molecular weight excluding hydrogens is 416 g/mol. The summed E-state index contributed by atoms with van der Waals surface area (Å²) in [6, 6.07) is 9.37. The number of imide groups is 1.